The van der Waals surface area contributed by atoms with E-state index in [2.05, 4.69) is 53.4 Å². The molecular weight excluding hydrogens is 605 g/mol. The minimum Gasteiger partial charge on any atom is -0.493 e. The molecule has 0 atom stereocenters. The monoisotopic (exact) mass is 635 g/mol. The minimum absolute atomic E-state index is 0.108. The van der Waals surface area contributed by atoms with Gasteiger partial charge in [0, 0.05) is 6.54 Å². The van der Waals surface area contributed by atoms with E-state index < -0.39 is 0 Å². The average Bonchev–Trinajstić information content (AvgIpc) is 3.15. The molecular formula is C28H30INO4S2. The summed E-state index contributed by atoms with van der Waals surface area (Å²) in [6.07, 6.45) is 10.1. The van der Waals surface area contributed by atoms with Gasteiger partial charge in [0.2, 0.25) is 0 Å². The van der Waals surface area contributed by atoms with Gasteiger partial charge >= 0.3 is 0 Å². The van der Waals surface area contributed by atoms with Gasteiger partial charge in [-0.3, -0.25) is 9.69 Å². The third-order valence-electron chi connectivity index (χ3n) is 6.29. The second-order valence-corrected chi connectivity index (χ2v) is 11.6. The molecule has 2 aromatic carbocycles. The van der Waals surface area contributed by atoms with Crippen LogP contribution in [0.4, 0.5) is 0 Å². The van der Waals surface area contributed by atoms with Crippen molar-refractivity contribution < 1.29 is 19.0 Å². The Kier molecular flexibility index (Phi) is 9.73. The Morgan fingerprint density at radius 2 is 1.86 bits per heavy atom. The molecule has 0 unspecified atom stereocenters. The second-order valence-electron chi connectivity index (χ2n) is 8.72. The Labute approximate surface area is 236 Å². The first kappa shape index (κ1) is 27.0. The lowest BCUT2D eigenvalue weighted by Crippen LogP contribution is -2.27. The van der Waals surface area contributed by atoms with Crippen LogP contribution in [0.1, 0.15) is 49.1 Å². The number of amides is 1. The Morgan fingerprint density at radius 1 is 1.14 bits per heavy atom. The molecule has 2 fully saturated rings. The van der Waals surface area contributed by atoms with Gasteiger partial charge in [0.15, 0.2) is 11.5 Å². The van der Waals surface area contributed by atoms with Gasteiger partial charge in [-0.1, -0.05) is 61.5 Å². The molecule has 0 spiro atoms. The van der Waals surface area contributed by atoms with E-state index in [0.29, 0.717) is 46.4 Å². The number of carbonyl (C=O) groups excluding carboxylic acids is 1. The van der Waals surface area contributed by atoms with Gasteiger partial charge in [0.05, 0.1) is 15.6 Å². The van der Waals surface area contributed by atoms with Gasteiger partial charge in [0.25, 0.3) is 5.91 Å². The van der Waals surface area contributed by atoms with Gasteiger partial charge in [-0.2, -0.15) is 0 Å². The van der Waals surface area contributed by atoms with E-state index in [1.807, 2.05) is 18.2 Å². The number of rotatable bonds is 10. The summed E-state index contributed by atoms with van der Waals surface area (Å²) in [6.45, 7) is 4.91. The number of methoxy groups -OCH3 is 1. The Hall–Kier alpha value is -2.04. The van der Waals surface area contributed by atoms with Crippen LogP contribution in [0.25, 0.3) is 6.08 Å². The number of halogens is 1. The summed E-state index contributed by atoms with van der Waals surface area (Å²) in [7, 11) is 1.61. The Bertz CT molecular complexity index is 1140. The highest BCUT2D eigenvalue weighted by molar-refractivity contribution is 14.1. The maximum absolute atomic E-state index is 12.6. The van der Waals surface area contributed by atoms with Crippen molar-refractivity contribution in [2.45, 2.75) is 38.0 Å². The zero-order chi connectivity index (χ0) is 25.5. The summed E-state index contributed by atoms with van der Waals surface area (Å²) in [5.41, 5.74) is 2.26. The highest BCUT2D eigenvalue weighted by Gasteiger charge is 2.31. The van der Waals surface area contributed by atoms with Gasteiger partial charge in [-0.05, 0) is 82.8 Å². The number of benzene rings is 2. The SMILES string of the molecule is C=CCN1C(=O)C(=Cc2cc(I)c(OCCOc3ccc(C4CCCCC4)cc3)c(OC)c2)SC1=S. The van der Waals surface area contributed by atoms with E-state index in [4.69, 9.17) is 26.4 Å². The van der Waals surface area contributed by atoms with Crippen LogP contribution in [-0.4, -0.2) is 42.0 Å². The number of thiocarbonyl (C=S) groups is 1. The highest BCUT2D eigenvalue weighted by atomic mass is 127. The van der Waals surface area contributed by atoms with E-state index in [-0.39, 0.29) is 5.91 Å². The van der Waals surface area contributed by atoms with E-state index in [1.165, 1.54) is 49.4 Å². The Morgan fingerprint density at radius 3 is 2.56 bits per heavy atom. The quantitative estimate of drug-likeness (QED) is 0.0906. The molecule has 1 heterocycles. The van der Waals surface area contributed by atoms with Crippen molar-refractivity contribution in [1.82, 2.24) is 4.90 Å². The lowest BCUT2D eigenvalue weighted by Gasteiger charge is -2.22. The zero-order valence-corrected chi connectivity index (χ0v) is 24.1. The summed E-state index contributed by atoms with van der Waals surface area (Å²) < 4.78 is 18.9. The molecule has 2 aliphatic rings. The smallest absolute Gasteiger partial charge is 0.266 e. The number of hydrogen-bond donors (Lipinski definition) is 0. The first-order valence-electron chi connectivity index (χ1n) is 12.1. The molecule has 0 N–H and O–H groups in total. The van der Waals surface area contributed by atoms with Crippen LogP contribution in [0.2, 0.25) is 0 Å². The normalized spacial score (nSPS) is 17.5. The molecule has 1 saturated heterocycles. The number of ether oxygens (including phenoxy) is 3. The zero-order valence-electron chi connectivity index (χ0n) is 20.3. The molecule has 8 heteroatoms. The molecule has 1 aliphatic heterocycles. The van der Waals surface area contributed by atoms with Crippen molar-refractivity contribution in [3.63, 3.8) is 0 Å². The minimum atomic E-state index is -0.108. The molecule has 1 aliphatic carbocycles. The summed E-state index contributed by atoms with van der Waals surface area (Å²) in [5, 5.41) is 0. The topological polar surface area (TPSA) is 48.0 Å². The summed E-state index contributed by atoms with van der Waals surface area (Å²) >= 11 is 8.84. The molecule has 5 nitrogen and oxygen atoms in total. The molecule has 0 radical (unpaired) electrons. The first-order valence-corrected chi connectivity index (χ1v) is 14.4. The molecule has 190 valence electrons. The van der Waals surface area contributed by atoms with E-state index in [9.17, 15) is 4.79 Å². The predicted octanol–water partition coefficient (Wildman–Crippen LogP) is 7.19. The lowest BCUT2D eigenvalue weighted by atomic mass is 9.84. The summed E-state index contributed by atoms with van der Waals surface area (Å²) in [4.78, 5) is 14.8. The maximum atomic E-state index is 12.6. The third kappa shape index (κ3) is 6.63. The summed E-state index contributed by atoms with van der Waals surface area (Å²) in [6, 6.07) is 12.3. The van der Waals surface area contributed by atoms with Gasteiger partial charge in [-0.25, -0.2) is 0 Å². The molecule has 1 saturated carbocycles. The number of nitrogens with zero attached hydrogens (tertiary/aromatic N) is 1. The lowest BCUT2D eigenvalue weighted by molar-refractivity contribution is -0.121. The van der Waals surface area contributed by atoms with E-state index >= 15 is 0 Å². The van der Waals surface area contributed by atoms with Crippen LogP contribution in [0, 0.1) is 3.57 Å². The summed E-state index contributed by atoms with van der Waals surface area (Å²) in [5.74, 6) is 2.70. The van der Waals surface area contributed by atoms with Gasteiger partial charge in [0.1, 0.15) is 23.3 Å². The van der Waals surface area contributed by atoms with Crippen molar-refractivity contribution in [2.24, 2.45) is 0 Å². The first-order chi connectivity index (χ1) is 17.5. The number of hydrogen-bond acceptors (Lipinski definition) is 6. The second kappa shape index (κ2) is 13.0. The standard InChI is InChI=1S/C28H30INO4S2/c1-3-13-30-27(31)25(36-28(30)35)18-19-16-23(29)26(24(17-19)32-2)34-15-14-33-22-11-9-21(10-12-22)20-7-5-4-6-8-20/h3,9-12,16-18,20H,1,4-8,13-15H2,2H3. The molecule has 0 aromatic heterocycles. The molecule has 2 aromatic rings. The molecule has 36 heavy (non-hydrogen) atoms. The fourth-order valence-electron chi connectivity index (χ4n) is 4.48. The fraction of sp³-hybridized carbons (Fsp3) is 0.357. The van der Waals surface area contributed by atoms with Crippen LogP contribution in [0.5, 0.6) is 17.2 Å². The van der Waals surface area contributed by atoms with Crippen LogP contribution in [0.15, 0.2) is 54.0 Å². The third-order valence-corrected chi connectivity index (χ3v) is 8.47. The maximum Gasteiger partial charge on any atom is 0.266 e. The molecule has 1 amide bonds. The number of thioether (sulfide) groups is 1. The predicted molar refractivity (Wildman–Crippen MR) is 159 cm³/mol. The van der Waals surface area contributed by atoms with Crippen molar-refractivity contribution in [1.29, 1.82) is 0 Å². The van der Waals surface area contributed by atoms with Crippen LogP contribution >= 0.6 is 46.6 Å². The van der Waals surface area contributed by atoms with Crippen molar-refractivity contribution in [3.05, 3.63) is 68.7 Å². The average molecular weight is 636 g/mol. The van der Waals surface area contributed by atoms with Crippen molar-refractivity contribution in [3.8, 4) is 17.2 Å². The van der Waals surface area contributed by atoms with Crippen molar-refractivity contribution >= 4 is 62.9 Å². The van der Waals surface area contributed by atoms with Crippen LogP contribution in [0.3, 0.4) is 0 Å². The van der Waals surface area contributed by atoms with Crippen molar-refractivity contribution in [2.75, 3.05) is 26.9 Å². The van der Waals surface area contributed by atoms with E-state index in [1.54, 1.807) is 18.1 Å². The largest absolute Gasteiger partial charge is 0.493 e. The van der Waals surface area contributed by atoms with Crippen LogP contribution < -0.4 is 14.2 Å². The Balaban J connectivity index is 1.34. The molecule has 4 rings (SSSR count). The van der Waals surface area contributed by atoms with Gasteiger partial charge in [-0.15, -0.1) is 6.58 Å². The number of carbonyl (C=O) groups is 1. The van der Waals surface area contributed by atoms with E-state index in [0.717, 1.165) is 14.9 Å². The van der Waals surface area contributed by atoms with Gasteiger partial charge < -0.3 is 14.2 Å². The fourth-order valence-corrected chi connectivity index (χ4v) is 6.53. The van der Waals surface area contributed by atoms with Crippen LogP contribution in [-0.2, 0) is 4.79 Å². The highest BCUT2D eigenvalue weighted by Crippen LogP contribution is 2.37. The molecule has 0 bridgehead atoms.